The second-order valence-corrected chi connectivity index (χ2v) is 11.3. The zero-order valence-corrected chi connectivity index (χ0v) is 21.8. The third-order valence-corrected chi connectivity index (χ3v) is 6.65. The predicted molar refractivity (Wildman–Crippen MR) is 139 cm³/mol. The van der Waals surface area contributed by atoms with Crippen LogP contribution in [0.4, 0.5) is 4.39 Å². The molecule has 36 heavy (non-hydrogen) atoms. The molecule has 0 spiro atoms. The topological polar surface area (TPSA) is 89.0 Å². The summed E-state index contributed by atoms with van der Waals surface area (Å²) in [6, 6.07) is 4.99. The fourth-order valence-electron chi connectivity index (χ4n) is 4.32. The summed E-state index contributed by atoms with van der Waals surface area (Å²) < 4.78 is 31.1. The fourth-order valence-corrected chi connectivity index (χ4v) is 4.73. The lowest BCUT2D eigenvalue weighted by Crippen LogP contribution is -2.22. The highest BCUT2D eigenvalue weighted by molar-refractivity contribution is 7.55. The first kappa shape index (κ1) is 23.9. The van der Waals surface area contributed by atoms with Crippen LogP contribution in [-0.2, 0) is 14.1 Å². The van der Waals surface area contributed by atoms with Gasteiger partial charge in [0.05, 0.1) is 41.7 Å². The SMILES string of the molecule is COc1cc2ncc3c(c2cc1-c1cn(C)nc1C)n(-c1ncc(OCP(C)C)cc1F)c(=O)n3C. The second kappa shape index (κ2) is 9.02. The van der Waals surface area contributed by atoms with Crippen LogP contribution in [0.1, 0.15) is 5.69 Å². The highest BCUT2D eigenvalue weighted by Gasteiger charge is 2.22. The maximum absolute atomic E-state index is 15.3. The van der Waals surface area contributed by atoms with Crippen molar-refractivity contribution in [2.24, 2.45) is 14.1 Å². The maximum Gasteiger partial charge on any atom is 0.334 e. The van der Waals surface area contributed by atoms with Gasteiger partial charge in [0.2, 0.25) is 0 Å². The molecule has 186 valence electrons. The van der Waals surface area contributed by atoms with Crippen LogP contribution in [0, 0.1) is 12.7 Å². The highest BCUT2D eigenvalue weighted by Crippen LogP contribution is 2.37. The van der Waals surface area contributed by atoms with Crippen molar-refractivity contribution in [2.75, 3.05) is 26.8 Å². The lowest BCUT2D eigenvalue weighted by Gasteiger charge is -2.12. The molecule has 0 saturated carbocycles. The molecule has 0 fully saturated rings. The van der Waals surface area contributed by atoms with Crippen LogP contribution in [0.25, 0.3) is 38.9 Å². The van der Waals surface area contributed by atoms with Gasteiger partial charge in [0, 0.05) is 48.9 Å². The molecular weight excluding hydrogens is 482 g/mol. The van der Waals surface area contributed by atoms with Crippen molar-refractivity contribution >= 4 is 29.9 Å². The first-order valence-electron chi connectivity index (χ1n) is 11.2. The quantitative estimate of drug-likeness (QED) is 0.320. The van der Waals surface area contributed by atoms with E-state index in [9.17, 15) is 4.79 Å². The van der Waals surface area contributed by atoms with Crippen LogP contribution in [0.15, 0.2) is 41.6 Å². The van der Waals surface area contributed by atoms with Crippen LogP contribution in [-0.4, -0.2) is 55.7 Å². The molecule has 0 atom stereocenters. The zero-order chi connectivity index (χ0) is 25.7. The number of aryl methyl sites for hydroxylation is 3. The summed E-state index contributed by atoms with van der Waals surface area (Å²) in [6.45, 7) is 6.05. The van der Waals surface area contributed by atoms with Crippen LogP contribution < -0.4 is 15.2 Å². The van der Waals surface area contributed by atoms with Crippen LogP contribution in [0.2, 0.25) is 0 Å². The number of aromatic nitrogens is 6. The minimum absolute atomic E-state index is 0.101. The van der Waals surface area contributed by atoms with Gasteiger partial charge in [-0.25, -0.2) is 18.7 Å². The molecule has 4 heterocycles. The van der Waals surface area contributed by atoms with E-state index >= 15 is 4.39 Å². The van der Waals surface area contributed by atoms with Gasteiger partial charge in [-0.15, -0.1) is 0 Å². The van der Waals surface area contributed by atoms with E-state index in [4.69, 9.17) is 9.47 Å². The molecule has 9 nitrogen and oxygen atoms in total. The van der Waals surface area contributed by atoms with E-state index in [0.29, 0.717) is 39.8 Å². The lowest BCUT2D eigenvalue weighted by molar-refractivity contribution is 0.383. The molecule has 0 unspecified atom stereocenters. The van der Waals surface area contributed by atoms with Crippen molar-refractivity contribution in [1.29, 1.82) is 0 Å². The molecular formula is C25H26FN6O3P. The molecule has 0 bridgehead atoms. The third kappa shape index (κ3) is 3.91. The zero-order valence-electron chi connectivity index (χ0n) is 20.9. The number of nitrogens with zero attached hydrogens (tertiary/aromatic N) is 6. The van der Waals surface area contributed by atoms with Gasteiger partial charge >= 0.3 is 5.69 Å². The number of ether oxygens (including phenoxy) is 2. The Bertz CT molecular complexity index is 1690. The monoisotopic (exact) mass is 508 g/mol. The minimum Gasteiger partial charge on any atom is -0.496 e. The summed E-state index contributed by atoms with van der Waals surface area (Å²) in [7, 11) is 4.76. The molecule has 0 radical (unpaired) electrons. The Kier molecular flexibility index (Phi) is 6.00. The number of pyridine rings is 2. The van der Waals surface area contributed by atoms with Crippen molar-refractivity contribution in [3.05, 3.63) is 58.8 Å². The standard InChI is InChI=1S/C25H26FN6O3P/c1-14-18(12-30(2)29-14)16-8-17-20(9-22(16)34-4)27-11-21-23(17)32(25(33)31(21)3)24-19(26)7-15(10-28-24)35-13-36(5)6/h7-12H,13H2,1-6H3. The van der Waals surface area contributed by atoms with Crippen molar-refractivity contribution in [3.8, 4) is 28.4 Å². The molecule has 0 amide bonds. The lowest BCUT2D eigenvalue weighted by atomic mass is 10.0. The molecule has 0 saturated heterocycles. The number of imidazole rings is 1. The van der Waals surface area contributed by atoms with Gasteiger partial charge in [-0.05, 0) is 26.3 Å². The normalized spacial score (nSPS) is 11.7. The number of fused-ring (bicyclic) bond motifs is 3. The molecule has 1 aromatic carbocycles. The molecule has 0 aliphatic rings. The first-order chi connectivity index (χ1) is 17.2. The average molecular weight is 508 g/mol. The van der Waals surface area contributed by atoms with Gasteiger partial charge in [-0.2, -0.15) is 5.10 Å². The second-order valence-electron chi connectivity index (χ2n) is 8.87. The molecule has 11 heteroatoms. The summed E-state index contributed by atoms with van der Waals surface area (Å²) in [5.74, 6) is 0.190. The summed E-state index contributed by atoms with van der Waals surface area (Å²) in [5.41, 5.74) is 3.73. The Hall–Kier alpha value is -3.78. The number of hydrogen-bond donors (Lipinski definition) is 0. The smallest absolute Gasteiger partial charge is 0.334 e. The summed E-state index contributed by atoms with van der Waals surface area (Å²) in [4.78, 5) is 22.2. The van der Waals surface area contributed by atoms with Gasteiger partial charge in [0.1, 0.15) is 17.8 Å². The Balaban J connectivity index is 1.80. The van der Waals surface area contributed by atoms with Gasteiger partial charge in [0.25, 0.3) is 0 Å². The molecule has 5 rings (SSSR count). The van der Waals surface area contributed by atoms with Gasteiger partial charge in [-0.3, -0.25) is 14.2 Å². The van der Waals surface area contributed by atoms with E-state index in [2.05, 4.69) is 28.4 Å². The predicted octanol–water partition coefficient (Wildman–Crippen LogP) is 4.21. The largest absolute Gasteiger partial charge is 0.496 e. The van der Waals surface area contributed by atoms with Crippen molar-refractivity contribution in [3.63, 3.8) is 0 Å². The maximum atomic E-state index is 15.3. The minimum atomic E-state index is -0.652. The van der Waals surface area contributed by atoms with E-state index in [0.717, 1.165) is 16.8 Å². The Labute approximate surface area is 207 Å². The highest BCUT2D eigenvalue weighted by atomic mass is 31.1. The first-order valence-corrected chi connectivity index (χ1v) is 13.6. The number of halogens is 1. The van der Waals surface area contributed by atoms with E-state index in [1.807, 2.05) is 32.3 Å². The summed E-state index contributed by atoms with van der Waals surface area (Å²) in [5, 5.41) is 5.11. The van der Waals surface area contributed by atoms with E-state index < -0.39 is 11.5 Å². The van der Waals surface area contributed by atoms with E-state index in [1.165, 1.54) is 21.4 Å². The number of hydrogen-bond acceptors (Lipinski definition) is 6. The number of benzene rings is 1. The van der Waals surface area contributed by atoms with Crippen molar-refractivity contribution in [2.45, 2.75) is 6.92 Å². The van der Waals surface area contributed by atoms with Crippen molar-refractivity contribution < 1.29 is 13.9 Å². The number of methoxy groups -OCH3 is 1. The Morgan fingerprint density at radius 1 is 1.08 bits per heavy atom. The summed E-state index contributed by atoms with van der Waals surface area (Å²) in [6.07, 6.45) is 5.45. The van der Waals surface area contributed by atoms with Crippen molar-refractivity contribution in [1.82, 2.24) is 28.9 Å². The Morgan fingerprint density at radius 3 is 2.50 bits per heavy atom. The van der Waals surface area contributed by atoms with E-state index in [1.54, 1.807) is 25.0 Å². The number of rotatable bonds is 6. The fraction of sp³-hybridized carbons (Fsp3) is 0.280. The van der Waals surface area contributed by atoms with Crippen LogP contribution in [0.5, 0.6) is 11.5 Å². The van der Waals surface area contributed by atoms with Gasteiger partial charge in [0.15, 0.2) is 11.6 Å². The molecule has 5 aromatic rings. The van der Waals surface area contributed by atoms with Gasteiger partial charge in [-0.1, -0.05) is 7.92 Å². The van der Waals surface area contributed by atoms with Crippen LogP contribution in [0.3, 0.4) is 0 Å². The molecule has 4 aromatic heterocycles. The molecule has 0 aliphatic heterocycles. The molecule has 0 aliphatic carbocycles. The average Bonchev–Trinajstić information content (AvgIpc) is 3.31. The third-order valence-electron chi connectivity index (χ3n) is 6.01. The summed E-state index contributed by atoms with van der Waals surface area (Å²) >= 11 is 0. The van der Waals surface area contributed by atoms with Crippen LogP contribution >= 0.6 is 7.92 Å². The van der Waals surface area contributed by atoms with E-state index in [-0.39, 0.29) is 13.7 Å². The van der Waals surface area contributed by atoms with Gasteiger partial charge < -0.3 is 9.47 Å². The molecule has 0 N–H and O–H groups in total. The Morgan fingerprint density at radius 2 is 1.86 bits per heavy atom.